The Balaban J connectivity index is 1.84. The standard InChI is InChI=1S/C17H20N2O4/c1-11(2)13-4-6-14(7-5-13)18-19-16(21)10-23-17-12(3)22-9-8-15(17)20/h4-9,11,18H,10H2,1-3H3,(H,19,21). The zero-order valence-electron chi connectivity index (χ0n) is 13.4. The smallest absolute Gasteiger partial charge is 0.276 e. The number of hydrogen-bond donors (Lipinski definition) is 2. The maximum absolute atomic E-state index is 11.8. The first-order valence-corrected chi connectivity index (χ1v) is 7.33. The normalized spacial score (nSPS) is 10.4. The van der Waals surface area contributed by atoms with Crippen molar-refractivity contribution in [2.24, 2.45) is 0 Å². The second kappa shape index (κ2) is 7.49. The molecule has 2 aromatic rings. The van der Waals surface area contributed by atoms with Crippen LogP contribution in [0.3, 0.4) is 0 Å². The van der Waals surface area contributed by atoms with Crippen LogP contribution in [0, 0.1) is 6.92 Å². The summed E-state index contributed by atoms with van der Waals surface area (Å²) in [5, 5.41) is 0. The second-order valence-corrected chi connectivity index (χ2v) is 5.41. The summed E-state index contributed by atoms with van der Waals surface area (Å²) in [7, 11) is 0. The Hall–Kier alpha value is -2.76. The molecule has 1 aromatic carbocycles. The lowest BCUT2D eigenvalue weighted by Gasteiger charge is -2.11. The Bertz CT molecular complexity index is 720. The van der Waals surface area contributed by atoms with E-state index in [1.54, 1.807) is 6.92 Å². The molecule has 6 heteroatoms. The molecule has 0 spiro atoms. The molecule has 0 saturated carbocycles. The highest BCUT2D eigenvalue weighted by molar-refractivity contribution is 5.78. The van der Waals surface area contributed by atoms with Gasteiger partial charge in [-0.15, -0.1) is 0 Å². The van der Waals surface area contributed by atoms with Crippen LogP contribution in [0.1, 0.15) is 31.1 Å². The van der Waals surface area contributed by atoms with Crippen molar-refractivity contribution < 1.29 is 13.9 Å². The highest BCUT2D eigenvalue weighted by atomic mass is 16.5. The van der Waals surface area contributed by atoms with E-state index in [4.69, 9.17) is 9.15 Å². The average Bonchev–Trinajstić information content (AvgIpc) is 2.53. The topological polar surface area (TPSA) is 80.6 Å². The second-order valence-electron chi connectivity index (χ2n) is 5.41. The van der Waals surface area contributed by atoms with Crippen molar-refractivity contribution in [2.45, 2.75) is 26.7 Å². The average molecular weight is 316 g/mol. The predicted molar refractivity (Wildman–Crippen MR) is 87.5 cm³/mol. The SMILES string of the molecule is Cc1occc(=O)c1OCC(=O)NNc1ccc(C(C)C)cc1. The Morgan fingerprint density at radius 3 is 2.52 bits per heavy atom. The van der Waals surface area contributed by atoms with E-state index in [1.807, 2.05) is 24.3 Å². The van der Waals surface area contributed by atoms with Crippen LogP contribution in [0.15, 0.2) is 45.8 Å². The van der Waals surface area contributed by atoms with Gasteiger partial charge in [-0.25, -0.2) is 0 Å². The first-order valence-electron chi connectivity index (χ1n) is 7.33. The summed E-state index contributed by atoms with van der Waals surface area (Å²) in [6.07, 6.45) is 1.28. The van der Waals surface area contributed by atoms with Crippen LogP contribution in [0.4, 0.5) is 5.69 Å². The summed E-state index contributed by atoms with van der Waals surface area (Å²) < 4.78 is 10.3. The molecule has 0 aliphatic rings. The van der Waals surface area contributed by atoms with Crippen LogP contribution in [-0.4, -0.2) is 12.5 Å². The molecule has 122 valence electrons. The summed E-state index contributed by atoms with van der Waals surface area (Å²) in [5.41, 5.74) is 6.97. The summed E-state index contributed by atoms with van der Waals surface area (Å²) in [5.74, 6) is 0.430. The molecule has 0 bridgehead atoms. The summed E-state index contributed by atoms with van der Waals surface area (Å²) in [4.78, 5) is 23.3. The van der Waals surface area contributed by atoms with Gasteiger partial charge in [0.1, 0.15) is 5.76 Å². The molecule has 0 atom stereocenters. The molecule has 0 aliphatic heterocycles. The fourth-order valence-electron chi connectivity index (χ4n) is 1.94. The molecule has 0 radical (unpaired) electrons. The molecule has 1 amide bonds. The van der Waals surface area contributed by atoms with Crippen molar-refractivity contribution in [1.82, 2.24) is 5.43 Å². The van der Waals surface area contributed by atoms with Gasteiger partial charge in [0.25, 0.3) is 5.91 Å². The zero-order chi connectivity index (χ0) is 16.8. The van der Waals surface area contributed by atoms with Gasteiger partial charge in [-0.2, -0.15) is 0 Å². The fraction of sp³-hybridized carbons (Fsp3) is 0.294. The summed E-state index contributed by atoms with van der Waals surface area (Å²) in [6, 6.07) is 9.00. The fourth-order valence-corrected chi connectivity index (χ4v) is 1.94. The van der Waals surface area contributed by atoms with Gasteiger partial charge in [-0.1, -0.05) is 26.0 Å². The number of rotatable bonds is 6. The van der Waals surface area contributed by atoms with Gasteiger partial charge in [0.15, 0.2) is 6.61 Å². The Kier molecular flexibility index (Phi) is 5.41. The molecule has 2 rings (SSSR count). The number of ether oxygens (including phenoxy) is 1. The lowest BCUT2D eigenvalue weighted by molar-refractivity contribution is -0.122. The van der Waals surface area contributed by atoms with Crippen molar-refractivity contribution >= 4 is 11.6 Å². The first-order chi connectivity index (χ1) is 11.0. The third kappa shape index (κ3) is 4.60. The first kappa shape index (κ1) is 16.6. The van der Waals surface area contributed by atoms with Gasteiger partial charge >= 0.3 is 0 Å². The molecule has 0 saturated heterocycles. The lowest BCUT2D eigenvalue weighted by Crippen LogP contribution is -2.34. The number of carbonyl (C=O) groups is 1. The van der Waals surface area contributed by atoms with Crippen LogP contribution in [0.5, 0.6) is 5.75 Å². The Labute approximate surface area is 134 Å². The van der Waals surface area contributed by atoms with E-state index in [0.29, 0.717) is 11.7 Å². The molecule has 6 nitrogen and oxygen atoms in total. The number of hydrazine groups is 1. The minimum atomic E-state index is -0.402. The number of carbonyl (C=O) groups excluding carboxylic acids is 1. The number of nitrogens with one attached hydrogen (secondary N) is 2. The molecule has 0 unspecified atom stereocenters. The molecule has 2 N–H and O–H groups in total. The monoisotopic (exact) mass is 316 g/mol. The van der Waals surface area contributed by atoms with Gasteiger partial charge in [0.05, 0.1) is 12.0 Å². The van der Waals surface area contributed by atoms with Gasteiger partial charge in [0, 0.05) is 6.07 Å². The molecule has 0 aliphatic carbocycles. The van der Waals surface area contributed by atoms with E-state index in [9.17, 15) is 9.59 Å². The van der Waals surface area contributed by atoms with Crippen molar-refractivity contribution in [3.63, 3.8) is 0 Å². The van der Waals surface area contributed by atoms with E-state index >= 15 is 0 Å². The molecule has 0 fully saturated rings. The Morgan fingerprint density at radius 2 is 1.91 bits per heavy atom. The predicted octanol–water partition coefficient (Wildman–Crippen LogP) is 2.59. The maximum Gasteiger partial charge on any atom is 0.276 e. The largest absolute Gasteiger partial charge is 0.476 e. The molecule has 1 aromatic heterocycles. The molecular formula is C17H20N2O4. The quantitative estimate of drug-likeness (QED) is 0.801. The number of amides is 1. The van der Waals surface area contributed by atoms with E-state index < -0.39 is 5.91 Å². The molecule has 23 heavy (non-hydrogen) atoms. The van der Waals surface area contributed by atoms with Crippen molar-refractivity contribution in [3.05, 3.63) is 58.1 Å². The van der Waals surface area contributed by atoms with Crippen LogP contribution in [0.2, 0.25) is 0 Å². The van der Waals surface area contributed by atoms with Crippen LogP contribution in [-0.2, 0) is 4.79 Å². The van der Waals surface area contributed by atoms with E-state index in [0.717, 1.165) is 5.69 Å². The minimum absolute atomic E-state index is 0.0453. The minimum Gasteiger partial charge on any atom is -0.476 e. The molecular weight excluding hydrogens is 296 g/mol. The van der Waals surface area contributed by atoms with Crippen molar-refractivity contribution in [1.29, 1.82) is 0 Å². The van der Waals surface area contributed by atoms with Gasteiger partial charge in [0.2, 0.25) is 11.2 Å². The van der Waals surface area contributed by atoms with Gasteiger partial charge < -0.3 is 9.15 Å². The highest BCUT2D eigenvalue weighted by Gasteiger charge is 2.09. The number of aryl methyl sites for hydroxylation is 1. The number of benzene rings is 1. The van der Waals surface area contributed by atoms with E-state index in [2.05, 4.69) is 24.7 Å². The highest BCUT2D eigenvalue weighted by Crippen LogP contribution is 2.16. The van der Waals surface area contributed by atoms with E-state index in [1.165, 1.54) is 17.9 Å². The van der Waals surface area contributed by atoms with Crippen LogP contribution in [0.25, 0.3) is 0 Å². The third-order valence-corrected chi connectivity index (χ3v) is 3.28. The summed E-state index contributed by atoms with van der Waals surface area (Å²) >= 11 is 0. The molecule has 1 heterocycles. The summed E-state index contributed by atoms with van der Waals surface area (Å²) in [6.45, 7) is 5.54. The van der Waals surface area contributed by atoms with Crippen LogP contribution >= 0.6 is 0 Å². The van der Waals surface area contributed by atoms with Crippen molar-refractivity contribution in [2.75, 3.05) is 12.0 Å². The van der Waals surface area contributed by atoms with Gasteiger partial charge in [-0.05, 0) is 30.5 Å². The third-order valence-electron chi connectivity index (χ3n) is 3.28. The number of hydrogen-bond acceptors (Lipinski definition) is 5. The van der Waals surface area contributed by atoms with E-state index in [-0.39, 0.29) is 17.8 Å². The maximum atomic E-state index is 11.8. The van der Waals surface area contributed by atoms with Gasteiger partial charge in [-0.3, -0.25) is 20.4 Å². The lowest BCUT2D eigenvalue weighted by atomic mass is 10.0. The van der Waals surface area contributed by atoms with Crippen LogP contribution < -0.4 is 21.0 Å². The number of anilines is 1. The zero-order valence-corrected chi connectivity index (χ0v) is 13.4. The Morgan fingerprint density at radius 1 is 1.22 bits per heavy atom. The van der Waals surface area contributed by atoms with Crippen molar-refractivity contribution in [3.8, 4) is 5.75 Å².